The third kappa shape index (κ3) is 5.39. The quantitative estimate of drug-likeness (QED) is 0.330. The average molecular weight is 553 g/mol. The number of methoxy groups -OCH3 is 1. The molecule has 1 fully saturated rings. The summed E-state index contributed by atoms with van der Waals surface area (Å²) in [5.41, 5.74) is 3.86. The van der Waals surface area contributed by atoms with Gasteiger partial charge < -0.3 is 19.5 Å². The van der Waals surface area contributed by atoms with Crippen molar-refractivity contribution in [3.05, 3.63) is 48.5 Å². The molecular formula is C27H32N6O5S. The van der Waals surface area contributed by atoms with E-state index in [0.717, 1.165) is 27.8 Å². The fraction of sp³-hybridized carbons (Fsp3) is 0.407. The zero-order valence-electron chi connectivity index (χ0n) is 22.6. The standard InChI is InChI=1S/C27H32N6O5S/c1-16(14-34)38-27-9-20(32-13-19(18(32)3)15-39(5,35)36)8-26(31-27)33-24-10-23(30-17(2)21(24)12-29-33)22-11-28-7-6-25(22)37-4/h6-12,16,18-19,34H,13-15H2,1-5H3/t16-,18+,19+/m0/s1. The number of rotatable bonds is 9. The highest BCUT2D eigenvalue weighted by Gasteiger charge is 2.38. The van der Waals surface area contributed by atoms with E-state index in [9.17, 15) is 13.5 Å². The van der Waals surface area contributed by atoms with Crippen LogP contribution in [0.4, 0.5) is 5.69 Å². The number of hydrogen-bond donors (Lipinski definition) is 1. The summed E-state index contributed by atoms with van der Waals surface area (Å²) >= 11 is 0. The summed E-state index contributed by atoms with van der Waals surface area (Å²) < 4.78 is 36.9. The minimum absolute atomic E-state index is 0.0172. The van der Waals surface area contributed by atoms with Crippen molar-refractivity contribution >= 4 is 26.4 Å². The molecule has 5 heterocycles. The van der Waals surface area contributed by atoms with Gasteiger partial charge in [0.2, 0.25) is 5.88 Å². The predicted molar refractivity (Wildman–Crippen MR) is 148 cm³/mol. The second-order valence-electron chi connectivity index (χ2n) is 10.0. The third-order valence-electron chi connectivity index (χ3n) is 7.06. The first-order valence-corrected chi connectivity index (χ1v) is 14.7. The molecule has 0 bridgehead atoms. The van der Waals surface area contributed by atoms with E-state index in [1.54, 1.807) is 43.4 Å². The van der Waals surface area contributed by atoms with Crippen LogP contribution in [0, 0.1) is 12.8 Å². The number of aliphatic hydroxyl groups is 1. The van der Waals surface area contributed by atoms with Crippen LogP contribution in [0.3, 0.4) is 0 Å². The van der Waals surface area contributed by atoms with Gasteiger partial charge in [0.05, 0.1) is 42.4 Å². The van der Waals surface area contributed by atoms with Gasteiger partial charge >= 0.3 is 0 Å². The van der Waals surface area contributed by atoms with E-state index in [1.165, 1.54) is 6.26 Å². The van der Waals surface area contributed by atoms with Crippen LogP contribution in [0.1, 0.15) is 19.5 Å². The molecule has 0 spiro atoms. The SMILES string of the molecule is COc1ccncc1-c1cc2c(cnn2-c2cc(N3C[C@H](CS(C)(=O)=O)[C@H]3C)cc(O[C@@H](C)CO)n2)c(C)n1. The Hall–Kier alpha value is -3.77. The summed E-state index contributed by atoms with van der Waals surface area (Å²) in [4.78, 5) is 15.8. The van der Waals surface area contributed by atoms with Crippen molar-refractivity contribution in [2.24, 2.45) is 5.92 Å². The highest BCUT2D eigenvalue weighted by atomic mass is 32.2. The molecule has 1 aliphatic heterocycles. The van der Waals surface area contributed by atoms with E-state index in [2.05, 4.69) is 15.0 Å². The molecule has 4 aromatic heterocycles. The van der Waals surface area contributed by atoms with Crippen molar-refractivity contribution in [2.45, 2.75) is 32.9 Å². The average Bonchev–Trinajstić information content (AvgIpc) is 3.34. The van der Waals surface area contributed by atoms with Crippen molar-refractivity contribution in [3.63, 3.8) is 0 Å². The molecule has 11 nitrogen and oxygen atoms in total. The van der Waals surface area contributed by atoms with Crippen LogP contribution in [0.2, 0.25) is 0 Å². The molecule has 0 saturated carbocycles. The van der Waals surface area contributed by atoms with Crippen LogP contribution < -0.4 is 14.4 Å². The lowest BCUT2D eigenvalue weighted by molar-refractivity contribution is 0.125. The molecule has 206 valence electrons. The first-order chi connectivity index (χ1) is 18.6. The highest BCUT2D eigenvalue weighted by Crippen LogP contribution is 2.36. The molecule has 39 heavy (non-hydrogen) atoms. The van der Waals surface area contributed by atoms with Gasteiger partial charge in [-0.25, -0.2) is 13.1 Å². The van der Waals surface area contributed by atoms with Gasteiger partial charge in [0.15, 0.2) is 5.82 Å². The van der Waals surface area contributed by atoms with Gasteiger partial charge in [-0.15, -0.1) is 0 Å². The number of anilines is 1. The number of aryl methyl sites for hydroxylation is 1. The molecule has 1 N–H and O–H groups in total. The van der Waals surface area contributed by atoms with Crippen molar-refractivity contribution in [3.8, 4) is 28.7 Å². The first kappa shape index (κ1) is 26.8. The summed E-state index contributed by atoms with van der Waals surface area (Å²) in [6, 6.07) is 7.46. The van der Waals surface area contributed by atoms with Crippen molar-refractivity contribution < 1.29 is 23.0 Å². The number of sulfone groups is 1. The summed E-state index contributed by atoms with van der Waals surface area (Å²) in [5.74, 6) is 1.70. The summed E-state index contributed by atoms with van der Waals surface area (Å²) in [6.07, 6.45) is 5.94. The maximum atomic E-state index is 11.9. The Kier molecular flexibility index (Phi) is 7.17. The van der Waals surface area contributed by atoms with Gasteiger partial charge in [-0.3, -0.25) is 9.97 Å². The molecule has 0 unspecified atom stereocenters. The Labute approximate surface area is 227 Å². The Balaban J connectivity index is 1.59. The molecular weight excluding hydrogens is 520 g/mol. The Morgan fingerprint density at radius 1 is 1.21 bits per heavy atom. The van der Waals surface area contributed by atoms with Crippen LogP contribution in [0.25, 0.3) is 28.0 Å². The fourth-order valence-corrected chi connectivity index (χ4v) is 6.08. The molecule has 1 saturated heterocycles. The lowest BCUT2D eigenvalue weighted by Gasteiger charge is -2.48. The Bertz CT molecular complexity index is 1620. The zero-order valence-corrected chi connectivity index (χ0v) is 23.4. The summed E-state index contributed by atoms with van der Waals surface area (Å²) in [7, 11) is -1.47. The summed E-state index contributed by atoms with van der Waals surface area (Å²) in [5, 5.41) is 15.1. The summed E-state index contributed by atoms with van der Waals surface area (Å²) in [6.45, 7) is 6.13. The van der Waals surface area contributed by atoms with Crippen molar-refractivity contribution in [1.82, 2.24) is 24.7 Å². The number of hydrogen-bond acceptors (Lipinski definition) is 10. The van der Waals surface area contributed by atoms with Crippen LogP contribution in [-0.4, -0.2) is 82.7 Å². The van der Waals surface area contributed by atoms with Gasteiger partial charge in [-0.1, -0.05) is 0 Å². The van der Waals surface area contributed by atoms with Crippen LogP contribution in [0.15, 0.2) is 42.9 Å². The van der Waals surface area contributed by atoms with Gasteiger partial charge in [0, 0.05) is 66.1 Å². The van der Waals surface area contributed by atoms with Crippen LogP contribution in [0.5, 0.6) is 11.6 Å². The molecule has 0 aliphatic carbocycles. The number of aromatic nitrogens is 5. The number of aliphatic hydroxyl groups excluding tert-OH is 1. The Morgan fingerprint density at radius 2 is 2.00 bits per heavy atom. The molecule has 1 aliphatic rings. The second-order valence-corrected chi connectivity index (χ2v) is 12.2. The van der Waals surface area contributed by atoms with Crippen LogP contribution in [-0.2, 0) is 9.84 Å². The van der Waals surface area contributed by atoms with Gasteiger partial charge in [0.1, 0.15) is 21.7 Å². The topological polar surface area (TPSA) is 133 Å². The van der Waals surface area contributed by atoms with E-state index < -0.39 is 15.9 Å². The van der Waals surface area contributed by atoms with E-state index >= 15 is 0 Å². The zero-order chi connectivity index (χ0) is 27.9. The maximum Gasteiger partial charge on any atom is 0.217 e. The van der Waals surface area contributed by atoms with E-state index in [4.69, 9.17) is 19.4 Å². The third-order valence-corrected chi connectivity index (χ3v) is 8.09. The van der Waals surface area contributed by atoms with Crippen LogP contribution >= 0.6 is 0 Å². The molecule has 0 aromatic carbocycles. The minimum atomic E-state index is -3.08. The number of nitrogens with zero attached hydrogens (tertiary/aromatic N) is 6. The number of fused-ring (bicyclic) bond motifs is 1. The fourth-order valence-electron chi connectivity index (χ4n) is 4.92. The number of ether oxygens (including phenoxy) is 2. The first-order valence-electron chi connectivity index (χ1n) is 12.7. The molecule has 12 heteroatoms. The molecule has 0 amide bonds. The Morgan fingerprint density at radius 3 is 2.69 bits per heavy atom. The lowest BCUT2D eigenvalue weighted by Crippen LogP contribution is -2.57. The van der Waals surface area contributed by atoms with E-state index in [-0.39, 0.29) is 24.3 Å². The smallest absolute Gasteiger partial charge is 0.217 e. The number of pyridine rings is 3. The molecule has 4 aromatic rings. The van der Waals surface area contributed by atoms with E-state index in [0.29, 0.717) is 29.7 Å². The van der Waals surface area contributed by atoms with Gasteiger partial charge in [0.25, 0.3) is 0 Å². The molecule has 5 rings (SSSR count). The van der Waals surface area contributed by atoms with Crippen molar-refractivity contribution in [2.75, 3.05) is 37.2 Å². The monoisotopic (exact) mass is 552 g/mol. The lowest BCUT2D eigenvalue weighted by atomic mass is 9.91. The second kappa shape index (κ2) is 10.4. The predicted octanol–water partition coefficient (Wildman–Crippen LogP) is 2.82. The largest absolute Gasteiger partial charge is 0.496 e. The normalized spacial score (nSPS) is 18.2. The minimum Gasteiger partial charge on any atom is -0.496 e. The highest BCUT2D eigenvalue weighted by molar-refractivity contribution is 7.90. The molecule has 0 radical (unpaired) electrons. The molecule has 3 atom stereocenters. The van der Waals surface area contributed by atoms with Gasteiger partial charge in [-0.05, 0) is 32.9 Å². The van der Waals surface area contributed by atoms with Crippen molar-refractivity contribution in [1.29, 1.82) is 0 Å². The van der Waals surface area contributed by atoms with E-state index in [1.807, 2.05) is 32.0 Å². The van der Waals surface area contributed by atoms with Gasteiger partial charge in [-0.2, -0.15) is 10.1 Å². The maximum absolute atomic E-state index is 11.9.